The molecule has 3 nitrogen and oxygen atoms in total. The number of aromatic nitrogens is 2. The van der Waals surface area contributed by atoms with Crippen LogP contribution < -0.4 is 5.32 Å². The summed E-state index contributed by atoms with van der Waals surface area (Å²) in [6.07, 6.45) is 10.2. The zero-order chi connectivity index (χ0) is 12.3. The van der Waals surface area contributed by atoms with Crippen LogP contribution >= 0.6 is 0 Å². The van der Waals surface area contributed by atoms with Crippen molar-refractivity contribution >= 4 is 0 Å². The number of aromatic amines is 1. The predicted molar refractivity (Wildman–Crippen MR) is 70.9 cm³/mol. The maximum Gasteiger partial charge on any atom is 0.107 e. The van der Waals surface area contributed by atoms with Gasteiger partial charge in [0.2, 0.25) is 0 Å². The maximum absolute atomic E-state index is 4.35. The third kappa shape index (κ3) is 2.89. The lowest BCUT2D eigenvalue weighted by Gasteiger charge is -2.43. The lowest BCUT2D eigenvalue weighted by atomic mass is 9.65. The molecule has 2 N–H and O–H groups in total. The first kappa shape index (κ1) is 12.6. The van der Waals surface area contributed by atoms with Crippen LogP contribution in [0.15, 0.2) is 12.4 Å². The van der Waals surface area contributed by atoms with Gasteiger partial charge in [-0.1, -0.05) is 26.7 Å². The average Bonchev–Trinajstić information content (AvgIpc) is 2.79. The Labute approximate surface area is 104 Å². The van der Waals surface area contributed by atoms with Crippen molar-refractivity contribution in [2.45, 2.75) is 52.0 Å². The van der Waals surface area contributed by atoms with Gasteiger partial charge in [-0.05, 0) is 31.2 Å². The Morgan fingerprint density at radius 3 is 2.94 bits per heavy atom. The molecular formula is C14H25N3. The Morgan fingerprint density at radius 1 is 1.53 bits per heavy atom. The average molecular weight is 235 g/mol. The molecule has 2 rings (SSSR count). The monoisotopic (exact) mass is 235 g/mol. The zero-order valence-electron chi connectivity index (χ0n) is 11.3. The maximum atomic E-state index is 4.35. The van der Waals surface area contributed by atoms with Crippen molar-refractivity contribution in [2.75, 3.05) is 7.05 Å². The number of rotatable bonds is 4. The molecule has 1 aromatic heterocycles. The van der Waals surface area contributed by atoms with E-state index in [2.05, 4.69) is 36.2 Å². The molecule has 96 valence electrons. The first-order valence-electron chi connectivity index (χ1n) is 6.79. The largest absolute Gasteiger partial charge is 0.349 e. The highest BCUT2D eigenvalue weighted by Crippen LogP contribution is 2.42. The van der Waals surface area contributed by atoms with Crippen LogP contribution in [-0.4, -0.2) is 23.1 Å². The van der Waals surface area contributed by atoms with Gasteiger partial charge in [0.05, 0.1) is 0 Å². The number of nitrogens with one attached hydrogen (secondary N) is 2. The van der Waals surface area contributed by atoms with E-state index in [9.17, 15) is 0 Å². The summed E-state index contributed by atoms with van der Waals surface area (Å²) >= 11 is 0. The highest BCUT2D eigenvalue weighted by atomic mass is 14.9. The SMILES string of the molecule is CNC(Cc1ncc[nH]1)C1CCCCC1(C)C. The Hall–Kier alpha value is -0.830. The van der Waals surface area contributed by atoms with E-state index in [4.69, 9.17) is 0 Å². The van der Waals surface area contributed by atoms with Gasteiger partial charge in [0.1, 0.15) is 5.82 Å². The summed E-state index contributed by atoms with van der Waals surface area (Å²) in [6, 6.07) is 0.538. The highest BCUT2D eigenvalue weighted by Gasteiger charge is 2.37. The lowest BCUT2D eigenvalue weighted by Crippen LogP contribution is -2.44. The van der Waals surface area contributed by atoms with Gasteiger partial charge in [0.15, 0.2) is 0 Å². The molecule has 17 heavy (non-hydrogen) atoms. The van der Waals surface area contributed by atoms with Gasteiger partial charge in [-0.3, -0.25) is 0 Å². The second-order valence-electron chi connectivity index (χ2n) is 5.98. The molecule has 0 radical (unpaired) electrons. The fourth-order valence-corrected chi connectivity index (χ4v) is 3.33. The van der Waals surface area contributed by atoms with Crippen LogP contribution in [0.5, 0.6) is 0 Å². The molecule has 2 unspecified atom stereocenters. The number of imidazole rings is 1. The van der Waals surface area contributed by atoms with Crippen molar-refractivity contribution in [3.8, 4) is 0 Å². The molecule has 2 atom stereocenters. The van der Waals surface area contributed by atoms with E-state index in [0.29, 0.717) is 11.5 Å². The summed E-state index contributed by atoms with van der Waals surface area (Å²) in [5.74, 6) is 1.86. The quantitative estimate of drug-likeness (QED) is 0.842. The summed E-state index contributed by atoms with van der Waals surface area (Å²) in [6.45, 7) is 4.84. The van der Waals surface area contributed by atoms with Gasteiger partial charge in [0, 0.05) is 24.9 Å². The zero-order valence-corrected chi connectivity index (χ0v) is 11.3. The minimum atomic E-state index is 0.457. The molecule has 1 aromatic rings. The van der Waals surface area contributed by atoms with E-state index in [1.54, 1.807) is 0 Å². The molecule has 0 spiro atoms. The first-order valence-corrected chi connectivity index (χ1v) is 6.79. The van der Waals surface area contributed by atoms with Gasteiger partial charge in [0.25, 0.3) is 0 Å². The molecule has 1 aliphatic carbocycles. The number of H-pyrrole nitrogens is 1. The summed E-state index contributed by atoms with van der Waals surface area (Å²) in [5, 5.41) is 3.51. The van der Waals surface area contributed by atoms with Crippen molar-refractivity contribution in [1.29, 1.82) is 0 Å². The van der Waals surface area contributed by atoms with Gasteiger partial charge < -0.3 is 10.3 Å². The molecule has 1 aliphatic rings. The second-order valence-corrected chi connectivity index (χ2v) is 5.98. The van der Waals surface area contributed by atoms with Gasteiger partial charge >= 0.3 is 0 Å². The van der Waals surface area contributed by atoms with E-state index < -0.39 is 0 Å². The smallest absolute Gasteiger partial charge is 0.107 e. The van der Waals surface area contributed by atoms with Crippen molar-refractivity contribution in [1.82, 2.24) is 15.3 Å². The van der Waals surface area contributed by atoms with Gasteiger partial charge in [-0.2, -0.15) is 0 Å². The molecular weight excluding hydrogens is 210 g/mol. The number of hydrogen-bond acceptors (Lipinski definition) is 2. The number of nitrogens with zero attached hydrogens (tertiary/aromatic N) is 1. The normalized spacial score (nSPS) is 25.7. The van der Waals surface area contributed by atoms with Gasteiger partial charge in [-0.15, -0.1) is 0 Å². The topological polar surface area (TPSA) is 40.7 Å². The van der Waals surface area contributed by atoms with Crippen molar-refractivity contribution in [2.24, 2.45) is 11.3 Å². The van der Waals surface area contributed by atoms with E-state index >= 15 is 0 Å². The van der Waals surface area contributed by atoms with E-state index in [0.717, 1.165) is 18.2 Å². The second kappa shape index (κ2) is 5.21. The summed E-state index contributed by atoms with van der Waals surface area (Å²) in [5.41, 5.74) is 0.457. The predicted octanol–water partition coefficient (Wildman–Crippen LogP) is 2.76. The minimum absolute atomic E-state index is 0.457. The lowest BCUT2D eigenvalue weighted by molar-refractivity contribution is 0.100. The van der Waals surface area contributed by atoms with E-state index in [-0.39, 0.29) is 0 Å². The van der Waals surface area contributed by atoms with Crippen molar-refractivity contribution in [3.63, 3.8) is 0 Å². The Morgan fingerprint density at radius 2 is 2.35 bits per heavy atom. The van der Waals surface area contributed by atoms with Crippen molar-refractivity contribution in [3.05, 3.63) is 18.2 Å². The summed E-state index contributed by atoms with van der Waals surface area (Å²) in [4.78, 5) is 7.57. The molecule has 1 fully saturated rings. The van der Waals surface area contributed by atoms with E-state index in [1.807, 2.05) is 12.4 Å². The minimum Gasteiger partial charge on any atom is -0.349 e. The van der Waals surface area contributed by atoms with Crippen LogP contribution in [0.2, 0.25) is 0 Å². The molecule has 1 heterocycles. The van der Waals surface area contributed by atoms with Crippen LogP contribution in [0.1, 0.15) is 45.4 Å². The van der Waals surface area contributed by atoms with Crippen LogP contribution in [-0.2, 0) is 6.42 Å². The van der Waals surface area contributed by atoms with Crippen LogP contribution in [0.3, 0.4) is 0 Å². The third-order valence-electron chi connectivity index (χ3n) is 4.41. The molecule has 0 aromatic carbocycles. The van der Waals surface area contributed by atoms with Crippen LogP contribution in [0.25, 0.3) is 0 Å². The first-order chi connectivity index (χ1) is 8.13. The molecule has 3 heteroatoms. The Kier molecular flexibility index (Phi) is 3.87. The number of likely N-dealkylation sites (N-methyl/N-ethyl adjacent to an activating group) is 1. The van der Waals surface area contributed by atoms with Crippen LogP contribution in [0.4, 0.5) is 0 Å². The molecule has 1 saturated carbocycles. The van der Waals surface area contributed by atoms with Crippen molar-refractivity contribution < 1.29 is 0 Å². The van der Waals surface area contributed by atoms with E-state index in [1.165, 1.54) is 25.7 Å². The Bertz CT molecular complexity index is 329. The van der Waals surface area contributed by atoms with Gasteiger partial charge in [-0.25, -0.2) is 4.98 Å². The number of hydrogen-bond donors (Lipinski definition) is 2. The van der Waals surface area contributed by atoms with Crippen LogP contribution in [0, 0.1) is 11.3 Å². The molecule has 0 amide bonds. The molecule has 0 saturated heterocycles. The molecule has 0 bridgehead atoms. The molecule has 0 aliphatic heterocycles. The fourth-order valence-electron chi connectivity index (χ4n) is 3.33. The fraction of sp³-hybridized carbons (Fsp3) is 0.786. The highest BCUT2D eigenvalue weighted by molar-refractivity contribution is 4.97. The standard InChI is InChI=1S/C14H25N3/c1-14(2)7-5-4-6-11(14)12(15-3)10-13-16-8-9-17-13/h8-9,11-12,15H,4-7,10H2,1-3H3,(H,16,17). The summed E-state index contributed by atoms with van der Waals surface area (Å²) in [7, 11) is 2.08. The Balaban J connectivity index is 2.06. The third-order valence-corrected chi connectivity index (χ3v) is 4.41. The summed E-state index contributed by atoms with van der Waals surface area (Å²) < 4.78 is 0.